The SMILES string of the molecule is O=C(NCCn1cccn1)C1CCN(C2CCN(CCCc3ccccc3)CC2)CC1. The van der Waals surface area contributed by atoms with Gasteiger partial charge >= 0.3 is 0 Å². The fraction of sp³-hybridized carbons (Fsp3) is 0.600. The highest BCUT2D eigenvalue weighted by Gasteiger charge is 2.30. The number of aryl methyl sites for hydroxylation is 1. The van der Waals surface area contributed by atoms with Crippen LogP contribution in [0.3, 0.4) is 0 Å². The van der Waals surface area contributed by atoms with Gasteiger partial charge in [0, 0.05) is 30.9 Å². The smallest absolute Gasteiger partial charge is 0.223 e. The first kappa shape index (κ1) is 22.0. The minimum absolute atomic E-state index is 0.173. The van der Waals surface area contributed by atoms with Crippen LogP contribution in [0, 0.1) is 5.92 Å². The Kier molecular flexibility index (Phi) is 8.13. The van der Waals surface area contributed by atoms with Crippen molar-refractivity contribution in [2.45, 2.75) is 51.1 Å². The summed E-state index contributed by atoms with van der Waals surface area (Å²) in [5, 5.41) is 7.28. The first-order valence-electron chi connectivity index (χ1n) is 12.0. The fourth-order valence-electron chi connectivity index (χ4n) is 5.06. The monoisotopic (exact) mass is 423 g/mol. The number of aromatic nitrogens is 2. The molecule has 2 saturated heterocycles. The minimum atomic E-state index is 0.173. The molecule has 1 aromatic heterocycles. The highest BCUT2D eigenvalue weighted by molar-refractivity contribution is 5.78. The number of carbonyl (C=O) groups excluding carboxylic acids is 1. The largest absolute Gasteiger partial charge is 0.354 e. The molecular formula is C25H37N5O. The molecule has 31 heavy (non-hydrogen) atoms. The molecule has 1 N–H and O–H groups in total. The van der Waals surface area contributed by atoms with E-state index < -0.39 is 0 Å². The maximum absolute atomic E-state index is 12.5. The van der Waals surface area contributed by atoms with Crippen molar-refractivity contribution in [1.82, 2.24) is 24.9 Å². The molecule has 6 nitrogen and oxygen atoms in total. The molecule has 0 radical (unpaired) electrons. The van der Waals surface area contributed by atoms with Crippen LogP contribution in [0.15, 0.2) is 48.8 Å². The summed E-state index contributed by atoms with van der Waals surface area (Å²) >= 11 is 0. The van der Waals surface area contributed by atoms with E-state index in [1.807, 2.05) is 16.9 Å². The maximum atomic E-state index is 12.5. The van der Waals surface area contributed by atoms with Crippen LogP contribution in [-0.2, 0) is 17.8 Å². The average molecular weight is 424 g/mol. The molecule has 1 amide bonds. The van der Waals surface area contributed by atoms with E-state index in [0.717, 1.165) is 32.5 Å². The maximum Gasteiger partial charge on any atom is 0.223 e. The van der Waals surface area contributed by atoms with Crippen LogP contribution in [0.5, 0.6) is 0 Å². The van der Waals surface area contributed by atoms with Gasteiger partial charge in [-0.25, -0.2) is 0 Å². The number of likely N-dealkylation sites (tertiary alicyclic amines) is 2. The summed E-state index contributed by atoms with van der Waals surface area (Å²) < 4.78 is 1.86. The first-order valence-corrected chi connectivity index (χ1v) is 12.0. The van der Waals surface area contributed by atoms with Crippen molar-refractivity contribution >= 4 is 5.91 Å². The summed E-state index contributed by atoms with van der Waals surface area (Å²) in [6.45, 7) is 7.17. The van der Waals surface area contributed by atoms with Gasteiger partial charge in [0.1, 0.15) is 0 Å². The van der Waals surface area contributed by atoms with E-state index in [2.05, 4.69) is 50.5 Å². The number of nitrogens with one attached hydrogen (secondary N) is 1. The number of amides is 1. The lowest BCUT2D eigenvalue weighted by Crippen LogP contribution is -2.49. The van der Waals surface area contributed by atoms with Gasteiger partial charge in [-0.3, -0.25) is 9.48 Å². The van der Waals surface area contributed by atoms with E-state index in [0.29, 0.717) is 12.6 Å². The van der Waals surface area contributed by atoms with Gasteiger partial charge in [-0.15, -0.1) is 0 Å². The van der Waals surface area contributed by atoms with Gasteiger partial charge in [0.25, 0.3) is 0 Å². The van der Waals surface area contributed by atoms with Crippen LogP contribution >= 0.6 is 0 Å². The summed E-state index contributed by atoms with van der Waals surface area (Å²) in [7, 11) is 0. The van der Waals surface area contributed by atoms with Gasteiger partial charge in [-0.05, 0) is 82.9 Å². The highest BCUT2D eigenvalue weighted by atomic mass is 16.1. The van der Waals surface area contributed by atoms with Gasteiger partial charge < -0.3 is 15.1 Å². The molecule has 2 aliphatic rings. The molecule has 168 valence electrons. The molecule has 0 atom stereocenters. The standard InChI is InChI=1S/C25H37N5O/c31-25(26-14-21-30-16-5-13-27-30)23-9-19-29(20-10-23)24-11-17-28(18-12-24)15-4-8-22-6-2-1-3-7-22/h1-3,5-7,13,16,23-24H,4,8-12,14-15,17-21H2,(H,26,31). The fourth-order valence-corrected chi connectivity index (χ4v) is 5.06. The number of hydrogen-bond donors (Lipinski definition) is 1. The van der Waals surface area contributed by atoms with Crippen LogP contribution < -0.4 is 5.32 Å². The van der Waals surface area contributed by atoms with Crippen LogP contribution in [0.4, 0.5) is 0 Å². The number of benzene rings is 1. The topological polar surface area (TPSA) is 53.4 Å². The summed E-state index contributed by atoms with van der Waals surface area (Å²) in [4.78, 5) is 17.8. The Morgan fingerprint density at radius 3 is 2.45 bits per heavy atom. The third-order valence-corrected chi connectivity index (χ3v) is 6.96. The second-order valence-electron chi connectivity index (χ2n) is 9.03. The van der Waals surface area contributed by atoms with Crippen LogP contribution in [0.1, 0.15) is 37.7 Å². The zero-order valence-electron chi connectivity index (χ0n) is 18.7. The van der Waals surface area contributed by atoms with E-state index in [9.17, 15) is 4.79 Å². The van der Waals surface area contributed by atoms with E-state index in [1.165, 1.54) is 50.9 Å². The zero-order chi connectivity index (χ0) is 21.3. The second-order valence-corrected chi connectivity index (χ2v) is 9.03. The lowest BCUT2D eigenvalue weighted by atomic mass is 9.92. The summed E-state index contributed by atoms with van der Waals surface area (Å²) in [5.74, 6) is 0.395. The van der Waals surface area contributed by atoms with Gasteiger partial charge in [0.05, 0.1) is 6.54 Å². The predicted molar refractivity (Wildman–Crippen MR) is 124 cm³/mol. The number of carbonyl (C=O) groups is 1. The van der Waals surface area contributed by atoms with E-state index in [1.54, 1.807) is 6.20 Å². The minimum Gasteiger partial charge on any atom is -0.354 e. The molecule has 3 heterocycles. The number of nitrogens with zero attached hydrogens (tertiary/aromatic N) is 4. The Morgan fingerprint density at radius 1 is 0.968 bits per heavy atom. The molecule has 0 bridgehead atoms. The third kappa shape index (κ3) is 6.65. The quantitative estimate of drug-likeness (QED) is 0.674. The van der Waals surface area contributed by atoms with Crippen molar-refractivity contribution in [2.24, 2.45) is 5.92 Å². The molecular weight excluding hydrogens is 386 g/mol. The van der Waals surface area contributed by atoms with Crippen LogP contribution in [0.2, 0.25) is 0 Å². The second kappa shape index (κ2) is 11.4. The molecule has 2 aliphatic heterocycles. The Morgan fingerprint density at radius 2 is 1.74 bits per heavy atom. The third-order valence-electron chi connectivity index (χ3n) is 6.96. The van der Waals surface area contributed by atoms with Gasteiger partial charge in [0.2, 0.25) is 5.91 Å². The van der Waals surface area contributed by atoms with E-state index in [4.69, 9.17) is 0 Å². The van der Waals surface area contributed by atoms with Crippen molar-refractivity contribution < 1.29 is 4.79 Å². The number of rotatable bonds is 9. The summed E-state index contributed by atoms with van der Waals surface area (Å²) in [5.41, 5.74) is 1.45. The molecule has 4 rings (SSSR count). The molecule has 2 fully saturated rings. The summed E-state index contributed by atoms with van der Waals surface area (Å²) in [6.07, 6.45) is 10.6. The van der Waals surface area contributed by atoms with Crippen molar-refractivity contribution in [1.29, 1.82) is 0 Å². The van der Waals surface area contributed by atoms with Crippen molar-refractivity contribution in [3.05, 3.63) is 54.4 Å². The van der Waals surface area contributed by atoms with Gasteiger partial charge in [-0.1, -0.05) is 30.3 Å². The van der Waals surface area contributed by atoms with Crippen molar-refractivity contribution in [3.63, 3.8) is 0 Å². The zero-order valence-corrected chi connectivity index (χ0v) is 18.7. The predicted octanol–water partition coefficient (Wildman–Crippen LogP) is 2.81. The molecule has 1 aromatic carbocycles. The molecule has 0 spiro atoms. The van der Waals surface area contributed by atoms with E-state index in [-0.39, 0.29) is 11.8 Å². The van der Waals surface area contributed by atoms with Crippen molar-refractivity contribution in [3.8, 4) is 0 Å². The normalized spacial score (nSPS) is 19.5. The Labute approximate surface area is 186 Å². The average Bonchev–Trinajstić information content (AvgIpc) is 3.34. The van der Waals surface area contributed by atoms with Crippen molar-refractivity contribution in [2.75, 3.05) is 39.3 Å². The summed E-state index contributed by atoms with van der Waals surface area (Å²) in [6, 6.07) is 13.4. The molecule has 6 heteroatoms. The van der Waals surface area contributed by atoms with Crippen LogP contribution in [-0.4, -0.2) is 70.8 Å². The first-order chi connectivity index (χ1) is 15.3. The lowest BCUT2D eigenvalue weighted by molar-refractivity contribution is -0.126. The molecule has 0 saturated carbocycles. The number of hydrogen-bond acceptors (Lipinski definition) is 4. The molecule has 2 aromatic rings. The Bertz CT molecular complexity index is 762. The Balaban J connectivity index is 1.09. The van der Waals surface area contributed by atoms with E-state index >= 15 is 0 Å². The highest BCUT2D eigenvalue weighted by Crippen LogP contribution is 2.24. The Hall–Kier alpha value is -2.18. The van der Waals surface area contributed by atoms with Gasteiger partial charge in [-0.2, -0.15) is 5.10 Å². The lowest BCUT2D eigenvalue weighted by Gasteiger charge is -2.41. The molecule has 0 unspecified atom stereocenters. The number of piperidine rings is 2. The van der Waals surface area contributed by atoms with Crippen LogP contribution in [0.25, 0.3) is 0 Å². The van der Waals surface area contributed by atoms with Gasteiger partial charge in [0.15, 0.2) is 0 Å². The molecule has 0 aliphatic carbocycles.